The molecule has 36 heavy (non-hydrogen) atoms. The van der Waals surface area contributed by atoms with E-state index in [1.807, 2.05) is 0 Å². The molecule has 0 bridgehead atoms. The Labute approximate surface area is 218 Å². The number of hydrogen-bond donors (Lipinski definition) is 2. The lowest BCUT2D eigenvalue weighted by Crippen LogP contribution is -2.36. The molecule has 0 saturated heterocycles. The molecule has 1 aliphatic rings. The highest BCUT2D eigenvalue weighted by molar-refractivity contribution is 6.42. The Morgan fingerprint density at radius 1 is 1.14 bits per heavy atom. The monoisotopic (exact) mass is 536 g/mol. The van der Waals surface area contributed by atoms with E-state index in [4.69, 9.17) is 47.9 Å². The summed E-state index contributed by atoms with van der Waals surface area (Å²) in [4.78, 5) is 34.7. The Balaban J connectivity index is 2.38. The van der Waals surface area contributed by atoms with Crippen LogP contribution in [0.2, 0.25) is 10.0 Å². The molecular weight excluding hydrogens is 511 g/mol. The van der Waals surface area contributed by atoms with E-state index in [0.29, 0.717) is 17.0 Å². The molecule has 2 atom stereocenters. The van der Waals surface area contributed by atoms with Crippen LogP contribution in [0, 0.1) is 0 Å². The first-order valence-electron chi connectivity index (χ1n) is 10.8. The Kier molecular flexibility index (Phi) is 8.78. The third-order valence-corrected chi connectivity index (χ3v) is 6.34. The normalized spacial score (nSPS) is 16.4. The van der Waals surface area contributed by atoms with Crippen molar-refractivity contribution in [3.63, 3.8) is 0 Å². The van der Waals surface area contributed by atoms with E-state index in [-0.39, 0.29) is 45.3 Å². The number of allylic oxidation sites excluding steroid dienone is 1. The lowest BCUT2D eigenvalue weighted by molar-refractivity contribution is -0.139. The van der Waals surface area contributed by atoms with Gasteiger partial charge >= 0.3 is 11.9 Å². The average Bonchev–Trinajstić information content (AvgIpc) is 2.85. The summed E-state index contributed by atoms with van der Waals surface area (Å²) in [6, 6.07) is 6.47. The molecule has 2 aromatic rings. The van der Waals surface area contributed by atoms with Crippen molar-refractivity contribution in [1.29, 1.82) is 0 Å². The third kappa shape index (κ3) is 5.25. The smallest absolute Gasteiger partial charge is 0.336 e. The van der Waals surface area contributed by atoms with Gasteiger partial charge in [0, 0.05) is 18.9 Å². The van der Waals surface area contributed by atoms with Gasteiger partial charge in [0.15, 0.2) is 0 Å². The maximum absolute atomic E-state index is 13.5. The van der Waals surface area contributed by atoms with E-state index in [2.05, 4.69) is 15.3 Å². The number of dihydropyridines is 1. The molecule has 0 amide bonds. The second-order valence-corrected chi connectivity index (χ2v) is 8.37. The van der Waals surface area contributed by atoms with Gasteiger partial charge in [-0.15, -0.1) is 0 Å². The number of hydrogen-bond acceptors (Lipinski definition) is 10. The van der Waals surface area contributed by atoms with E-state index in [9.17, 15) is 9.59 Å². The number of nitrogens with zero attached hydrogens (tertiary/aromatic N) is 2. The minimum absolute atomic E-state index is 0.0579. The van der Waals surface area contributed by atoms with Crippen molar-refractivity contribution in [1.82, 2.24) is 15.3 Å². The number of nitrogens with two attached hydrogens (primary N) is 1. The molecule has 0 saturated carbocycles. The van der Waals surface area contributed by atoms with Gasteiger partial charge in [0.1, 0.15) is 6.10 Å². The molecule has 12 heteroatoms. The van der Waals surface area contributed by atoms with E-state index in [1.54, 1.807) is 32.0 Å². The number of esters is 2. The van der Waals surface area contributed by atoms with Gasteiger partial charge in [-0.1, -0.05) is 35.3 Å². The molecule has 0 aliphatic carbocycles. The van der Waals surface area contributed by atoms with Gasteiger partial charge in [0.05, 0.1) is 59.3 Å². The van der Waals surface area contributed by atoms with Crippen LogP contribution in [0.1, 0.15) is 37.1 Å². The maximum atomic E-state index is 13.5. The second kappa shape index (κ2) is 11.6. The fourth-order valence-electron chi connectivity index (χ4n) is 4.02. The molecule has 2 heterocycles. The zero-order valence-corrected chi connectivity index (χ0v) is 21.9. The summed E-state index contributed by atoms with van der Waals surface area (Å²) in [5.41, 5.74) is 7.47. The summed E-state index contributed by atoms with van der Waals surface area (Å²) >= 11 is 12.9. The topological polar surface area (TPSA) is 135 Å². The predicted molar refractivity (Wildman–Crippen MR) is 133 cm³/mol. The van der Waals surface area contributed by atoms with Crippen molar-refractivity contribution < 1.29 is 28.5 Å². The van der Waals surface area contributed by atoms with Crippen molar-refractivity contribution >= 4 is 41.1 Å². The maximum Gasteiger partial charge on any atom is 0.336 e. The molecule has 1 aliphatic heterocycles. The number of nitrogens with one attached hydrogen (secondary N) is 1. The van der Waals surface area contributed by atoms with Gasteiger partial charge in [0.25, 0.3) is 0 Å². The highest BCUT2D eigenvalue weighted by atomic mass is 35.5. The number of carbonyl (C=O) groups excluding carboxylic acids is 2. The van der Waals surface area contributed by atoms with Gasteiger partial charge in [-0.3, -0.25) is 0 Å². The minimum Gasteiger partial charge on any atom is -0.481 e. The molecule has 192 valence electrons. The number of methoxy groups -OCH3 is 3. The van der Waals surface area contributed by atoms with Crippen molar-refractivity contribution in [3.8, 4) is 5.88 Å². The molecular formula is C24H26Cl2N4O6. The molecule has 2 unspecified atom stereocenters. The molecule has 0 spiro atoms. The van der Waals surface area contributed by atoms with E-state index < -0.39 is 24.0 Å². The average molecular weight is 537 g/mol. The fourth-order valence-corrected chi connectivity index (χ4v) is 4.44. The standard InChI is InChI=1S/C24H26Cl2N4O6/c1-6-36-23(32)18-17(12-8-7-9-13(25)19(12)26)16(22(31)35-5)11(2)28-20(18)21(34-4)14-10-15(33-3)30-24(27)29-14/h7-10,17,21,28H,6H2,1-5H3,(H2,27,29,30). The van der Waals surface area contributed by atoms with Crippen LogP contribution in [-0.4, -0.2) is 49.8 Å². The minimum atomic E-state index is -1.00. The zero-order chi connectivity index (χ0) is 26.6. The van der Waals surface area contributed by atoms with Gasteiger partial charge in [-0.2, -0.15) is 4.98 Å². The molecule has 3 N–H and O–H groups in total. The van der Waals surface area contributed by atoms with Crippen molar-refractivity contribution in [2.75, 3.05) is 33.7 Å². The summed E-state index contributed by atoms with van der Waals surface area (Å²) in [5.74, 6) is -2.23. The van der Waals surface area contributed by atoms with Crippen LogP contribution in [0.15, 0.2) is 46.8 Å². The zero-order valence-electron chi connectivity index (χ0n) is 20.3. The Bertz CT molecular complexity index is 1250. The summed E-state index contributed by atoms with van der Waals surface area (Å²) < 4.78 is 21.4. The first-order valence-corrected chi connectivity index (χ1v) is 11.6. The number of benzene rings is 1. The lowest BCUT2D eigenvalue weighted by atomic mass is 9.79. The van der Waals surface area contributed by atoms with Crippen LogP contribution >= 0.6 is 23.2 Å². The Morgan fingerprint density at radius 3 is 2.47 bits per heavy atom. The number of rotatable bonds is 8. The Morgan fingerprint density at radius 2 is 1.86 bits per heavy atom. The quantitative estimate of drug-likeness (QED) is 0.480. The van der Waals surface area contributed by atoms with E-state index in [0.717, 1.165) is 0 Å². The molecule has 0 radical (unpaired) electrons. The summed E-state index contributed by atoms with van der Waals surface area (Å²) in [6.45, 7) is 3.41. The first-order chi connectivity index (χ1) is 17.2. The number of nitrogen functional groups attached to an aromatic ring is 1. The summed E-state index contributed by atoms with van der Waals surface area (Å²) in [5, 5.41) is 3.54. The lowest BCUT2D eigenvalue weighted by Gasteiger charge is -2.34. The third-order valence-electron chi connectivity index (χ3n) is 5.50. The van der Waals surface area contributed by atoms with Crippen molar-refractivity contribution in [2.45, 2.75) is 25.9 Å². The van der Waals surface area contributed by atoms with Crippen LogP contribution < -0.4 is 15.8 Å². The number of carbonyl (C=O) groups is 2. The van der Waals surface area contributed by atoms with Crippen molar-refractivity contribution in [3.05, 3.63) is 68.1 Å². The number of ether oxygens (including phenoxy) is 4. The fraction of sp³-hybridized carbons (Fsp3) is 0.333. The number of anilines is 1. The number of halogens is 2. The highest BCUT2D eigenvalue weighted by Crippen LogP contribution is 2.46. The Hall–Kier alpha value is -3.34. The molecule has 1 aromatic heterocycles. The van der Waals surface area contributed by atoms with Gasteiger partial charge in [-0.25, -0.2) is 14.6 Å². The second-order valence-electron chi connectivity index (χ2n) is 7.59. The van der Waals surface area contributed by atoms with Crippen LogP contribution in [0.3, 0.4) is 0 Å². The summed E-state index contributed by atoms with van der Waals surface area (Å²) in [7, 11) is 4.11. The van der Waals surface area contributed by atoms with E-state index >= 15 is 0 Å². The molecule has 1 aromatic carbocycles. The molecule has 0 fully saturated rings. The van der Waals surface area contributed by atoms with Crippen LogP contribution in [0.4, 0.5) is 5.95 Å². The van der Waals surface area contributed by atoms with Gasteiger partial charge in [0.2, 0.25) is 11.8 Å². The SMILES string of the molecule is CCOC(=O)C1=C(C(OC)c2cc(OC)nc(N)n2)NC(C)=C(C(=O)OC)C1c1cccc(Cl)c1Cl. The largest absolute Gasteiger partial charge is 0.481 e. The number of aromatic nitrogens is 2. The predicted octanol–water partition coefficient (Wildman–Crippen LogP) is 3.71. The van der Waals surface area contributed by atoms with Crippen molar-refractivity contribution in [2.24, 2.45) is 0 Å². The van der Waals surface area contributed by atoms with Crippen LogP contribution in [0.5, 0.6) is 5.88 Å². The van der Waals surface area contributed by atoms with E-state index in [1.165, 1.54) is 27.4 Å². The van der Waals surface area contributed by atoms with Gasteiger partial charge in [-0.05, 0) is 25.5 Å². The first kappa shape index (κ1) is 27.3. The van der Waals surface area contributed by atoms with Crippen LogP contribution in [0.25, 0.3) is 0 Å². The molecule has 3 rings (SSSR count). The molecule has 10 nitrogen and oxygen atoms in total. The highest BCUT2D eigenvalue weighted by Gasteiger charge is 2.42. The van der Waals surface area contributed by atoms with Crippen LogP contribution in [-0.2, 0) is 23.8 Å². The summed E-state index contributed by atoms with van der Waals surface area (Å²) in [6.07, 6.45) is -0.960. The van der Waals surface area contributed by atoms with Gasteiger partial charge < -0.3 is 30.0 Å².